The fraction of sp³-hybridized carbons (Fsp3) is 0.417. The van der Waals surface area contributed by atoms with Crippen molar-refractivity contribution in [2.75, 3.05) is 13.3 Å². The number of carbonyl (C=O) groups excluding carboxylic acids is 1. The SMILES string of the molecule is CC(Cl)=N/C(Cl)=C\C1=C=CC(=O)[C@@H]2CCOCN12. The highest BCUT2D eigenvalue weighted by Crippen LogP contribution is 2.23. The zero-order valence-corrected chi connectivity index (χ0v) is 11.3. The summed E-state index contributed by atoms with van der Waals surface area (Å²) in [7, 11) is 0. The van der Waals surface area contributed by atoms with E-state index in [0.717, 1.165) is 0 Å². The van der Waals surface area contributed by atoms with E-state index in [-0.39, 0.29) is 17.0 Å². The predicted octanol–water partition coefficient (Wildman–Crippen LogP) is 2.39. The standard InChI is InChI=1S/C12H12Cl2N2O2/c1-8(13)15-12(14)6-9-2-3-11(17)10-4-5-18-7-16(9)10/h3,6,10H,4-5,7H2,1H3/b12-6-,15-8?/t10-/m0/s1. The van der Waals surface area contributed by atoms with Crippen LogP contribution in [0.4, 0.5) is 0 Å². The van der Waals surface area contributed by atoms with Crippen molar-refractivity contribution in [2.45, 2.75) is 19.4 Å². The van der Waals surface area contributed by atoms with Crippen molar-refractivity contribution in [3.8, 4) is 0 Å². The third-order valence-electron chi connectivity index (χ3n) is 2.66. The second-order valence-electron chi connectivity index (χ2n) is 3.96. The summed E-state index contributed by atoms with van der Waals surface area (Å²) in [6.45, 7) is 2.58. The molecule has 2 heterocycles. The lowest BCUT2D eigenvalue weighted by molar-refractivity contribution is -0.126. The van der Waals surface area contributed by atoms with Gasteiger partial charge in [0.05, 0.1) is 18.3 Å². The van der Waals surface area contributed by atoms with Crippen LogP contribution in [0.5, 0.6) is 0 Å². The Hall–Kier alpha value is -1.06. The average molecular weight is 287 g/mol. The van der Waals surface area contributed by atoms with Crippen LogP contribution in [0.1, 0.15) is 13.3 Å². The van der Waals surface area contributed by atoms with Gasteiger partial charge in [-0.1, -0.05) is 28.9 Å². The lowest BCUT2D eigenvalue weighted by atomic mass is 10.0. The highest BCUT2D eigenvalue weighted by molar-refractivity contribution is 6.65. The normalized spacial score (nSPS) is 25.1. The molecule has 0 aliphatic carbocycles. The van der Waals surface area contributed by atoms with Crippen LogP contribution in [0.3, 0.4) is 0 Å². The summed E-state index contributed by atoms with van der Waals surface area (Å²) in [6, 6.07) is -0.184. The summed E-state index contributed by atoms with van der Waals surface area (Å²) in [6.07, 6.45) is 3.74. The third kappa shape index (κ3) is 3.03. The average Bonchev–Trinajstić information content (AvgIpc) is 2.32. The molecule has 0 unspecified atom stereocenters. The van der Waals surface area contributed by atoms with E-state index in [4.69, 9.17) is 27.9 Å². The van der Waals surface area contributed by atoms with E-state index >= 15 is 0 Å². The molecule has 1 saturated heterocycles. The Labute approximate surface area is 115 Å². The number of hydrogen-bond donors (Lipinski definition) is 0. The van der Waals surface area contributed by atoms with Gasteiger partial charge in [-0.05, 0) is 13.3 Å². The van der Waals surface area contributed by atoms with Crippen molar-refractivity contribution in [1.29, 1.82) is 0 Å². The molecule has 2 rings (SSSR count). The van der Waals surface area contributed by atoms with Crippen LogP contribution in [0.2, 0.25) is 0 Å². The van der Waals surface area contributed by atoms with Crippen LogP contribution in [-0.4, -0.2) is 35.2 Å². The fourth-order valence-electron chi connectivity index (χ4n) is 1.88. The first-order chi connectivity index (χ1) is 8.58. The number of ketones is 1. The zero-order chi connectivity index (χ0) is 13.1. The van der Waals surface area contributed by atoms with Gasteiger partial charge in [-0.15, -0.1) is 0 Å². The highest BCUT2D eigenvalue weighted by atomic mass is 35.5. The summed E-state index contributed by atoms with van der Waals surface area (Å²) < 4.78 is 5.34. The van der Waals surface area contributed by atoms with Gasteiger partial charge in [-0.2, -0.15) is 0 Å². The molecule has 1 fully saturated rings. The van der Waals surface area contributed by atoms with Gasteiger partial charge in [-0.3, -0.25) is 4.79 Å². The van der Waals surface area contributed by atoms with Crippen LogP contribution >= 0.6 is 23.2 Å². The number of hydrogen-bond acceptors (Lipinski definition) is 4. The Kier molecular flexibility index (Phi) is 4.25. The molecule has 0 amide bonds. The minimum atomic E-state index is -0.184. The smallest absolute Gasteiger partial charge is 0.185 e. The number of halogens is 2. The second kappa shape index (κ2) is 5.72. The van der Waals surface area contributed by atoms with E-state index < -0.39 is 0 Å². The first-order valence-corrected chi connectivity index (χ1v) is 6.26. The topological polar surface area (TPSA) is 41.9 Å². The maximum Gasteiger partial charge on any atom is 0.185 e. The van der Waals surface area contributed by atoms with Crippen molar-refractivity contribution >= 4 is 34.2 Å². The molecule has 2 aliphatic heterocycles. The van der Waals surface area contributed by atoms with Gasteiger partial charge in [0.2, 0.25) is 0 Å². The Morgan fingerprint density at radius 3 is 3.17 bits per heavy atom. The van der Waals surface area contributed by atoms with E-state index in [0.29, 0.717) is 30.6 Å². The number of carbonyl (C=O) groups is 1. The van der Waals surface area contributed by atoms with Crippen LogP contribution in [-0.2, 0) is 9.53 Å². The number of rotatable bonds is 2. The molecular formula is C12H12Cl2N2O2. The molecule has 0 radical (unpaired) electrons. The lowest BCUT2D eigenvalue weighted by Gasteiger charge is -2.36. The number of nitrogens with zero attached hydrogens (tertiary/aromatic N) is 2. The molecule has 6 heteroatoms. The Bertz CT molecular complexity index is 486. The third-order valence-corrected chi connectivity index (χ3v) is 2.94. The summed E-state index contributed by atoms with van der Waals surface area (Å²) in [5.74, 6) is 0.0450. The molecule has 4 nitrogen and oxygen atoms in total. The number of aliphatic imine (C=N–C) groups is 1. The van der Waals surface area contributed by atoms with Gasteiger partial charge in [0, 0.05) is 12.2 Å². The predicted molar refractivity (Wildman–Crippen MR) is 70.6 cm³/mol. The Morgan fingerprint density at radius 1 is 1.67 bits per heavy atom. The summed E-state index contributed by atoms with van der Waals surface area (Å²) in [4.78, 5) is 17.4. The second-order valence-corrected chi connectivity index (χ2v) is 4.90. The van der Waals surface area contributed by atoms with Crippen molar-refractivity contribution in [3.63, 3.8) is 0 Å². The van der Waals surface area contributed by atoms with Crippen LogP contribution in [0, 0.1) is 0 Å². The molecule has 0 bridgehead atoms. The Morgan fingerprint density at radius 2 is 2.44 bits per heavy atom. The van der Waals surface area contributed by atoms with Gasteiger partial charge in [0.15, 0.2) is 5.78 Å². The molecule has 0 spiro atoms. The van der Waals surface area contributed by atoms with E-state index in [2.05, 4.69) is 10.7 Å². The quantitative estimate of drug-likeness (QED) is 0.445. The van der Waals surface area contributed by atoms with Crippen molar-refractivity contribution in [2.24, 2.45) is 4.99 Å². The summed E-state index contributed by atoms with van der Waals surface area (Å²) >= 11 is 11.6. The molecular weight excluding hydrogens is 275 g/mol. The molecule has 0 aromatic rings. The van der Waals surface area contributed by atoms with Crippen molar-refractivity contribution in [1.82, 2.24) is 4.90 Å². The maximum atomic E-state index is 11.7. The molecule has 0 N–H and O–H groups in total. The maximum absolute atomic E-state index is 11.7. The largest absolute Gasteiger partial charge is 0.361 e. The zero-order valence-electron chi connectivity index (χ0n) is 9.82. The van der Waals surface area contributed by atoms with Gasteiger partial charge in [0.1, 0.15) is 17.1 Å². The minimum Gasteiger partial charge on any atom is -0.361 e. The molecule has 0 aromatic carbocycles. The van der Waals surface area contributed by atoms with Crippen LogP contribution in [0.15, 0.2) is 33.7 Å². The van der Waals surface area contributed by atoms with E-state index in [1.807, 2.05) is 4.90 Å². The summed E-state index contributed by atoms with van der Waals surface area (Å²) in [5, 5.41) is 0.594. The number of ether oxygens (including phenoxy) is 1. The fourth-order valence-corrected chi connectivity index (χ4v) is 2.24. The van der Waals surface area contributed by atoms with Gasteiger partial charge < -0.3 is 9.64 Å². The first-order valence-electron chi connectivity index (χ1n) is 5.51. The highest BCUT2D eigenvalue weighted by Gasteiger charge is 2.31. The van der Waals surface area contributed by atoms with Crippen molar-refractivity contribution in [3.05, 3.63) is 28.7 Å². The van der Waals surface area contributed by atoms with Gasteiger partial charge in [0.25, 0.3) is 0 Å². The van der Waals surface area contributed by atoms with Gasteiger partial charge >= 0.3 is 0 Å². The molecule has 2 aliphatic rings. The molecule has 18 heavy (non-hydrogen) atoms. The number of fused-ring (bicyclic) bond motifs is 1. The monoisotopic (exact) mass is 286 g/mol. The molecule has 1 atom stereocenters. The van der Waals surface area contributed by atoms with E-state index in [1.165, 1.54) is 6.08 Å². The summed E-state index contributed by atoms with van der Waals surface area (Å²) in [5.41, 5.74) is 3.57. The van der Waals surface area contributed by atoms with E-state index in [1.54, 1.807) is 13.0 Å². The molecule has 96 valence electrons. The van der Waals surface area contributed by atoms with E-state index in [9.17, 15) is 4.79 Å². The Balaban J connectivity index is 2.29. The lowest BCUT2D eigenvalue weighted by Crippen LogP contribution is -2.46. The van der Waals surface area contributed by atoms with Crippen LogP contribution < -0.4 is 0 Å². The first kappa shape index (κ1) is 13.4. The minimum absolute atomic E-state index is 0.0450. The molecule has 0 saturated carbocycles. The molecule has 0 aromatic heterocycles. The van der Waals surface area contributed by atoms with Gasteiger partial charge in [-0.25, -0.2) is 4.99 Å². The van der Waals surface area contributed by atoms with Crippen LogP contribution in [0.25, 0.3) is 0 Å². The van der Waals surface area contributed by atoms with Crippen molar-refractivity contribution < 1.29 is 9.53 Å².